The van der Waals surface area contributed by atoms with Crippen LogP contribution in [0.1, 0.15) is 29.3 Å². The molecule has 0 atom stereocenters. The lowest BCUT2D eigenvalue weighted by Crippen LogP contribution is -2.28. The molecule has 2 rings (SSSR count). The van der Waals surface area contributed by atoms with Crippen LogP contribution in [0.2, 0.25) is 0 Å². The first-order valence-corrected chi connectivity index (χ1v) is 9.43. The second-order valence-electron chi connectivity index (χ2n) is 5.78. The van der Waals surface area contributed by atoms with Crippen LogP contribution in [0, 0.1) is 5.82 Å². The van der Waals surface area contributed by atoms with Gasteiger partial charge in [0.05, 0.1) is 23.8 Å². The number of esters is 1. The maximum atomic E-state index is 13.5. The maximum Gasteiger partial charge on any atom is 0.338 e. The van der Waals surface area contributed by atoms with Gasteiger partial charge in [-0.3, -0.25) is 4.79 Å². The summed E-state index contributed by atoms with van der Waals surface area (Å²) >= 11 is 3.35. The average Bonchev–Trinajstić information content (AvgIpc) is 2.69. The van der Waals surface area contributed by atoms with E-state index in [1.807, 2.05) is 6.92 Å². The van der Waals surface area contributed by atoms with Crippen LogP contribution in [0.15, 0.2) is 40.9 Å². The van der Waals surface area contributed by atoms with E-state index in [9.17, 15) is 14.0 Å². The number of benzene rings is 2. The topological polar surface area (TPSA) is 73.9 Å². The van der Waals surface area contributed by atoms with Crippen LogP contribution in [0.5, 0.6) is 11.5 Å². The minimum atomic E-state index is -0.693. The molecule has 28 heavy (non-hydrogen) atoms. The number of methoxy groups -OCH3 is 1. The minimum absolute atomic E-state index is 0.00585. The SMILES string of the molecule is CCCOc1c(Br)cc(C(=O)OCC(=O)NCc2ccccc2F)cc1OC. The van der Waals surface area contributed by atoms with Crippen molar-refractivity contribution >= 4 is 27.8 Å². The van der Waals surface area contributed by atoms with Gasteiger partial charge in [-0.2, -0.15) is 0 Å². The number of carbonyl (C=O) groups is 2. The molecule has 1 amide bonds. The fourth-order valence-corrected chi connectivity index (χ4v) is 2.84. The fraction of sp³-hybridized carbons (Fsp3) is 0.300. The lowest BCUT2D eigenvalue weighted by Gasteiger charge is -2.13. The molecule has 0 radical (unpaired) electrons. The summed E-state index contributed by atoms with van der Waals surface area (Å²) in [4.78, 5) is 24.1. The van der Waals surface area contributed by atoms with E-state index in [0.29, 0.717) is 28.1 Å². The molecule has 150 valence electrons. The van der Waals surface area contributed by atoms with Gasteiger partial charge in [-0.05, 0) is 40.5 Å². The number of hydrogen-bond donors (Lipinski definition) is 1. The monoisotopic (exact) mass is 453 g/mol. The number of carbonyl (C=O) groups excluding carboxylic acids is 2. The van der Waals surface area contributed by atoms with E-state index in [1.165, 1.54) is 25.3 Å². The van der Waals surface area contributed by atoms with Crippen LogP contribution in [-0.2, 0) is 16.1 Å². The third kappa shape index (κ3) is 5.95. The van der Waals surface area contributed by atoms with Crippen LogP contribution >= 0.6 is 15.9 Å². The minimum Gasteiger partial charge on any atom is -0.493 e. The Morgan fingerprint density at radius 1 is 1.21 bits per heavy atom. The van der Waals surface area contributed by atoms with Crippen LogP contribution < -0.4 is 14.8 Å². The van der Waals surface area contributed by atoms with Gasteiger partial charge in [-0.25, -0.2) is 9.18 Å². The third-order valence-electron chi connectivity index (χ3n) is 3.68. The van der Waals surface area contributed by atoms with Crippen molar-refractivity contribution in [1.82, 2.24) is 5.32 Å². The van der Waals surface area contributed by atoms with E-state index in [0.717, 1.165) is 6.42 Å². The predicted octanol–water partition coefficient (Wildman–Crippen LogP) is 3.86. The lowest BCUT2D eigenvalue weighted by atomic mass is 10.2. The van der Waals surface area contributed by atoms with Gasteiger partial charge in [0.1, 0.15) is 5.82 Å². The summed E-state index contributed by atoms with van der Waals surface area (Å²) in [7, 11) is 1.46. The van der Waals surface area contributed by atoms with E-state index in [4.69, 9.17) is 14.2 Å². The van der Waals surface area contributed by atoms with Crippen molar-refractivity contribution in [3.63, 3.8) is 0 Å². The van der Waals surface area contributed by atoms with Gasteiger partial charge in [-0.1, -0.05) is 25.1 Å². The highest BCUT2D eigenvalue weighted by atomic mass is 79.9. The van der Waals surface area contributed by atoms with Gasteiger partial charge in [0.25, 0.3) is 5.91 Å². The highest BCUT2D eigenvalue weighted by molar-refractivity contribution is 9.10. The smallest absolute Gasteiger partial charge is 0.338 e. The number of nitrogens with one attached hydrogen (secondary N) is 1. The molecule has 0 fully saturated rings. The molecule has 0 aliphatic carbocycles. The van der Waals surface area contributed by atoms with Crippen molar-refractivity contribution in [2.24, 2.45) is 0 Å². The fourth-order valence-electron chi connectivity index (χ4n) is 2.28. The summed E-state index contributed by atoms with van der Waals surface area (Å²) in [5, 5.41) is 2.50. The molecule has 1 N–H and O–H groups in total. The number of amides is 1. The van der Waals surface area contributed by atoms with Crippen molar-refractivity contribution in [2.45, 2.75) is 19.9 Å². The van der Waals surface area contributed by atoms with E-state index in [-0.39, 0.29) is 12.1 Å². The second kappa shape index (κ2) is 10.7. The van der Waals surface area contributed by atoms with Crippen LogP contribution in [0.4, 0.5) is 4.39 Å². The Morgan fingerprint density at radius 2 is 1.96 bits per heavy atom. The van der Waals surface area contributed by atoms with E-state index in [2.05, 4.69) is 21.2 Å². The van der Waals surface area contributed by atoms with Gasteiger partial charge in [0, 0.05) is 12.1 Å². The van der Waals surface area contributed by atoms with Crippen molar-refractivity contribution in [2.75, 3.05) is 20.3 Å². The zero-order valence-corrected chi connectivity index (χ0v) is 17.2. The molecule has 2 aromatic rings. The normalized spacial score (nSPS) is 10.3. The summed E-state index contributed by atoms with van der Waals surface area (Å²) in [6, 6.07) is 9.12. The first-order chi connectivity index (χ1) is 13.5. The molecule has 0 aromatic heterocycles. The molecule has 0 saturated heterocycles. The quantitative estimate of drug-likeness (QED) is 0.583. The Bertz CT molecular complexity index is 843. The third-order valence-corrected chi connectivity index (χ3v) is 4.27. The van der Waals surface area contributed by atoms with Crippen LogP contribution in [-0.4, -0.2) is 32.2 Å². The standard InChI is InChI=1S/C20H21BrFNO5/c1-3-8-27-19-15(21)9-14(10-17(19)26-2)20(25)28-12-18(24)23-11-13-6-4-5-7-16(13)22/h4-7,9-10H,3,8,11-12H2,1-2H3,(H,23,24). The Labute approximate surface area is 171 Å². The highest BCUT2D eigenvalue weighted by Crippen LogP contribution is 2.37. The van der Waals surface area contributed by atoms with Crippen molar-refractivity contribution in [3.05, 3.63) is 57.8 Å². The molecule has 0 spiro atoms. The molecule has 0 aliphatic rings. The predicted molar refractivity (Wildman–Crippen MR) is 105 cm³/mol. The second-order valence-corrected chi connectivity index (χ2v) is 6.64. The molecule has 0 heterocycles. The number of ether oxygens (including phenoxy) is 3. The number of rotatable bonds is 9. The lowest BCUT2D eigenvalue weighted by molar-refractivity contribution is -0.124. The van der Waals surface area contributed by atoms with Crippen LogP contribution in [0.3, 0.4) is 0 Å². The molecule has 0 unspecified atom stereocenters. The van der Waals surface area contributed by atoms with E-state index in [1.54, 1.807) is 18.2 Å². The number of halogens is 2. The number of hydrogen-bond acceptors (Lipinski definition) is 5. The van der Waals surface area contributed by atoms with Crippen molar-refractivity contribution < 1.29 is 28.2 Å². The van der Waals surface area contributed by atoms with Gasteiger partial charge < -0.3 is 19.5 Å². The summed E-state index contributed by atoms with van der Waals surface area (Å²) in [6.07, 6.45) is 0.821. The molecule has 6 nitrogen and oxygen atoms in total. The molecule has 0 saturated carbocycles. The van der Waals surface area contributed by atoms with E-state index >= 15 is 0 Å². The average molecular weight is 454 g/mol. The van der Waals surface area contributed by atoms with Crippen molar-refractivity contribution in [3.8, 4) is 11.5 Å². The first-order valence-electron chi connectivity index (χ1n) is 8.63. The Morgan fingerprint density at radius 3 is 2.64 bits per heavy atom. The van der Waals surface area contributed by atoms with Crippen LogP contribution in [0.25, 0.3) is 0 Å². The molecular formula is C20H21BrFNO5. The summed E-state index contributed by atoms with van der Waals surface area (Å²) < 4.78 is 30.0. The Balaban J connectivity index is 1.94. The highest BCUT2D eigenvalue weighted by Gasteiger charge is 2.17. The molecule has 8 heteroatoms. The summed E-state index contributed by atoms with van der Waals surface area (Å²) in [6.45, 7) is 2.00. The first kappa shape index (κ1) is 21.7. The molecule has 0 aliphatic heterocycles. The zero-order chi connectivity index (χ0) is 20.5. The summed E-state index contributed by atoms with van der Waals surface area (Å²) in [5.74, 6) is -0.781. The zero-order valence-electron chi connectivity index (χ0n) is 15.6. The summed E-state index contributed by atoms with van der Waals surface area (Å²) in [5.41, 5.74) is 0.549. The van der Waals surface area contributed by atoms with Gasteiger partial charge in [0.15, 0.2) is 18.1 Å². The molecular weight excluding hydrogens is 433 g/mol. The van der Waals surface area contributed by atoms with Gasteiger partial charge in [-0.15, -0.1) is 0 Å². The van der Waals surface area contributed by atoms with Crippen molar-refractivity contribution in [1.29, 1.82) is 0 Å². The van der Waals surface area contributed by atoms with E-state index < -0.39 is 24.3 Å². The molecule has 0 bridgehead atoms. The maximum absolute atomic E-state index is 13.5. The molecule has 2 aromatic carbocycles. The van der Waals surface area contributed by atoms with Gasteiger partial charge in [0.2, 0.25) is 0 Å². The van der Waals surface area contributed by atoms with Gasteiger partial charge >= 0.3 is 5.97 Å². The Kier molecular flexibility index (Phi) is 8.25. The largest absolute Gasteiger partial charge is 0.493 e. The Hall–Kier alpha value is -2.61.